The molecule has 1 N–H and O–H groups in total. The lowest BCUT2D eigenvalue weighted by Crippen LogP contribution is -2.12. The van der Waals surface area contributed by atoms with Gasteiger partial charge < -0.3 is 9.88 Å². The lowest BCUT2D eigenvalue weighted by atomic mass is 10.2. The van der Waals surface area contributed by atoms with Gasteiger partial charge in [-0.3, -0.25) is 9.78 Å². The molecule has 0 unspecified atom stereocenters. The largest absolute Gasteiger partial charge is 0.322 e. The average molecular weight is 263 g/mol. The van der Waals surface area contributed by atoms with Gasteiger partial charge in [0.05, 0.1) is 17.4 Å². The second kappa shape index (κ2) is 5.40. The molecule has 1 aromatic carbocycles. The van der Waals surface area contributed by atoms with Crippen molar-refractivity contribution in [2.45, 2.75) is 0 Å². The monoisotopic (exact) mass is 263 g/mol. The van der Waals surface area contributed by atoms with Crippen LogP contribution < -0.4 is 5.32 Å². The number of carbonyl (C=O) groups is 1. The molecule has 20 heavy (non-hydrogen) atoms. The normalized spacial score (nSPS) is 10.2. The molecule has 3 rings (SSSR count). The molecule has 2 aromatic heterocycles. The molecular formula is C16H13N3O. The lowest BCUT2D eigenvalue weighted by molar-refractivity contribution is 0.102. The van der Waals surface area contributed by atoms with Crippen LogP contribution in [0.15, 0.2) is 73.3 Å². The maximum Gasteiger partial charge on any atom is 0.257 e. The summed E-state index contributed by atoms with van der Waals surface area (Å²) < 4.78 is 1.91. The van der Waals surface area contributed by atoms with Crippen LogP contribution in [0.2, 0.25) is 0 Å². The molecule has 4 nitrogen and oxygen atoms in total. The predicted octanol–water partition coefficient (Wildman–Crippen LogP) is 3.12. The number of anilines is 1. The highest BCUT2D eigenvalue weighted by Crippen LogP contribution is 2.12. The number of pyridine rings is 1. The topological polar surface area (TPSA) is 46.9 Å². The Balaban J connectivity index is 1.84. The van der Waals surface area contributed by atoms with Gasteiger partial charge in [0.15, 0.2) is 0 Å². The quantitative estimate of drug-likeness (QED) is 0.789. The van der Waals surface area contributed by atoms with Gasteiger partial charge in [-0.05, 0) is 30.3 Å². The summed E-state index contributed by atoms with van der Waals surface area (Å²) in [5, 5.41) is 2.84. The van der Waals surface area contributed by atoms with Crippen LogP contribution in [0.25, 0.3) is 5.69 Å². The van der Waals surface area contributed by atoms with Crippen molar-refractivity contribution >= 4 is 11.6 Å². The molecule has 0 aliphatic carbocycles. The number of nitrogens with zero attached hydrogens (tertiary/aromatic N) is 2. The van der Waals surface area contributed by atoms with E-state index >= 15 is 0 Å². The smallest absolute Gasteiger partial charge is 0.257 e. The second-order valence-electron chi connectivity index (χ2n) is 4.34. The summed E-state index contributed by atoms with van der Waals surface area (Å²) in [4.78, 5) is 16.3. The third-order valence-corrected chi connectivity index (χ3v) is 2.92. The zero-order valence-corrected chi connectivity index (χ0v) is 10.7. The van der Waals surface area contributed by atoms with E-state index in [0.717, 1.165) is 11.4 Å². The first kappa shape index (κ1) is 12.2. The molecular weight excluding hydrogens is 250 g/mol. The summed E-state index contributed by atoms with van der Waals surface area (Å²) in [6, 6.07) is 15.0. The fourth-order valence-electron chi connectivity index (χ4n) is 1.92. The molecule has 0 saturated carbocycles. The fraction of sp³-hybridized carbons (Fsp3) is 0. The minimum Gasteiger partial charge on any atom is -0.322 e. The number of carbonyl (C=O) groups excluding carboxylic acids is 1. The molecule has 0 bridgehead atoms. The number of aromatic nitrogens is 2. The van der Waals surface area contributed by atoms with Crippen LogP contribution in [0.3, 0.4) is 0 Å². The minimum atomic E-state index is -0.169. The number of hydrogen-bond donors (Lipinski definition) is 1. The Hall–Kier alpha value is -2.88. The molecule has 0 aliphatic heterocycles. The molecule has 0 fully saturated rings. The Morgan fingerprint density at radius 2 is 1.75 bits per heavy atom. The fourth-order valence-corrected chi connectivity index (χ4v) is 1.92. The van der Waals surface area contributed by atoms with E-state index in [1.807, 2.05) is 65.5 Å². The van der Waals surface area contributed by atoms with Crippen molar-refractivity contribution in [3.05, 3.63) is 78.9 Å². The van der Waals surface area contributed by atoms with Crippen molar-refractivity contribution in [2.75, 3.05) is 5.32 Å². The first-order chi connectivity index (χ1) is 9.83. The third-order valence-electron chi connectivity index (χ3n) is 2.92. The number of para-hydroxylation sites is 1. The van der Waals surface area contributed by atoms with Gasteiger partial charge in [0, 0.05) is 24.3 Å². The van der Waals surface area contributed by atoms with Crippen molar-refractivity contribution < 1.29 is 4.79 Å². The van der Waals surface area contributed by atoms with Crippen LogP contribution in [-0.4, -0.2) is 15.5 Å². The summed E-state index contributed by atoms with van der Waals surface area (Å²) in [5.41, 5.74) is 2.15. The van der Waals surface area contributed by atoms with Crippen molar-refractivity contribution in [3.63, 3.8) is 0 Å². The van der Waals surface area contributed by atoms with Crippen LogP contribution in [0.1, 0.15) is 10.4 Å². The van der Waals surface area contributed by atoms with E-state index in [4.69, 9.17) is 0 Å². The van der Waals surface area contributed by atoms with Crippen LogP contribution in [-0.2, 0) is 0 Å². The summed E-state index contributed by atoms with van der Waals surface area (Å²) in [6.07, 6.45) is 7.11. The van der Waals surface area contributed by atoms with Gasteiger partial charge in [-0.2, -0.15) is 0 Å². The van der Waals surface area contributed by atoms with E-state index in [9.17, 15) is 4.79 Å². The molecule has 2 heterocycles. The summed E-state index contributed by atoms with van der Waals surface area (Å²) in [6.45, 7) is 0. The van der Waals surface area contributed by atoms with Crippen molar-refractivity contribution in [2.24, 2.45) is 0 Å². The summed E-state index contributed by atoms with van der Waals surface area (Å²) >= 11 is 0. The first-order valence-electron chi connectivity index (χ1n) is 6.28. The molecule has 4 heteroatoms. The molecule has 0 radical (unpaired) electrons. The van der Waals surface area contributed by atoms with E-state index in [-0.39, 0.29) is 5.91 Å². The number of nitrogens with one attached hydrogen (secondary N) is 1. The number of hydrogen-bond acceptors (Lipinski definition) is 2. The van der Waals surface area contributed by atoms with Gasteiger partial charge in [-0.15, -0.1) is 0 Å². The number of benzene rings is 1. The standard InChI is InChI=1S/C16H13N3O/c20-16(18-14-6-2-1-3-7-14)13-10-15(12-17-11-13)19-8-4-5-9-19/h1-12H,(H,18,20). The number of amides is 1. The summed E-state index contributed by atoms with van der Waals surface area (Å²) in [7, 11) is 0. The van der Waals surface area contributed by atoms with Gasteiger partial charge in [0.1, 0.15) is 0 Å². The summed E-state index contributed by atoms with van der Waals surface area (Å²) in [5.74, 6) is -0.169. The highest BCUT2D eigenvalue weighted by molar-refractivity contribution is 6.04. The van der Waals surface area contributed by atoms with Crippen LogP contribution >= 0.6 is 0 Å². The van der Waals surface area contributed by atoms with E-state index in [2.05, 4.69) is 10.3 Å². The Morgan fingerprint density at radius 1 is 1.00 bits per heavy atom. The Bertz CT molecular complexity index is 706. The highest BCUT2D eigenvalue weighted by atomic mass is 16.1. The average Bonchev–Trinajstić information content (AvgIpc) is 3.03. The lowest BCUT2D eigenvalue weighted by Gasteiger charge is -2.07. The Labute approximate surface area is 116 Å². The molecule has 0 spiro atoms. The second-order valence-corrected chi connectivity index (χ2v) is 4.34. The highest BCUT2D eigenvalue weighted by Gasteiger charge is 2.07. The van der Waals surface area contributed by atoms with Crippen LogP contribution in [0.4, 0.5) is 5.69 Å². The third kappa shape index (κ3) is 2.59. The van der Waals surface area contributed by atoms with E-state index in [1.165, 1.54) is 0 Å². The number of rotatable bonds is 3. The maximum absolute atomic E-state index is 12.2. The molecule has 0 atom stereocenters. The Morgan fingerprint density at radius 3 is 2.50 bits per heavy atom. The van der Waals surface area contributed by atoms with Crippen LogP contribution in [0.5, 0.6) is 0 Å². The molecule has 0 saturated heterocycles. The Kier molecular flexibility index (Phi) is 3.29. The first-order valence-corrected chi connectivity index (χ1v) is 6.28. The van der Waals surface area contributed by atoms with Crippen LogP contribution in [0, 0.1) is 0 Å². The van der Waals surface area contributed by atoms with E-state index < -0.39 is 0 Å². The molecule has 0 aliphatic rings. The molecule has 98 valence electrons. The van der Waals surface area contributed by atoms with Gasteiger partial charge >= 0.3 is 0 Å². The molecule has 1 amide bonds. The minimum absolute atomic E-state index is 0.169. The zero-order chi connectivity index (χ0) is 13.8. The maximum atomic E-state index is 12.2. The van der Waals surface area contributed by atoms with Gasteiger partial charge in [0.25, 0.3) is 5.91 Å². The van der Waals surface area contributed by atoms with Gasteiger partial charge in [-0.1, -0.05) is 18.2 Å². The predicted molar refractivity (Wildman–Crippen MR) is 78.0 cm³/mol. The SMILES string of the molecule is O=C(Nc1ccccc1)c1cncc(-n2cccc2)c1. The van der Waals surface area contributed by atoms with Crippen molar-refractivity contribution in [1.82, 2.24) is 9.55 Å². The van der Waals surface area contributed by atoms with Crippen molar-refractivity contribution in [1.29, 1.82) is 0 Å². The van der Waals surface area contributed by atoms with Gasteiger partial charge in [0.2, 0.25) is 0 Å². The van der Waals surface area contributed by atoms with Gasteiger partial charge in [-0.25, -0.2) is 0 Å². The van der Waals surface area contributed by atoms with E-state index in [0.29, 0.717) is 5.56 Å². The van der Waals surface area contributed by atoms with Crippen molar-refractivity contribution in [3.8, 4) is 5.69 Å². The molecule has 3 aromatic rings. The van der Waals surface area contributed by atoms with E-state index in [1.54, 1.807) is 12.4 Å². The zero-order valence-electron chi connectivity index (χ0n) is 10.7.